The molecule has 0 spiro atoms. The zero-order valence-corrected chi connectivity index (χ0v) is 13.9. The van der Waals surface area contributed by atoms with E-state index in [9.17, 15) is 0 Å². The quantitative estimate of drug-likeness (QED) is 0.700. The van der Waals surface area contributed by atoms with E-state index in [0.29, 0.717) is 0 Å². The Morgan fingerprint density at radius 1 is 0.714 bits per heavy atom. The molecular formula is C16H15Cl3O2. The van der Waals surface area contributed by atoms with Crippen LogP contribution < -0.4 is 9.47 Å². The maximum atomic E-state index is 6.18. The number of alkyl halides is 3. The van der Waals surface area contributed by atoms with Gasteiger partial charge in [-0.3, -0.25) is 0 Å². The van der Waals surface area contributed by atoms with E-state index in [1.165, 1.54) is 0 Å². The lowest BCUT2D eigenvalue weighted by Crippen LogP contribution is -2.18. The minimum atomic E-state index is -1.46. The monoisotopic (exact) mass is 356 g/mol. The fourth-order valence-corrected chi connectivity index (χ4v) is 2.92. The Kier molecular flexibility index (Phi) is 5.26. The highest BCUT2D eigenvalue weighted by atomic mass is 35.6. The van der Waals surface area contributed by atoms with Crippen molar-refractivity contribution < 1.29 is 9.47 Å². The van der Waals surface area contributed by atoms with Crippen molar-refractivity contribution in [3.05, 3.63) is 59.7 Å². The minimum Gasteiger partial charge on any atom is -0.497 e. The molecule has 2 rings (SSSR count). The van der Waals surface area contributed by atoms with Crippen LogP contribution in [0.25, 0.3) is 0 Å². The smallest absolute Gasteiger partial charge is 0.201 e. The normalized spacial score (nSPS) is 11.5. The van der Waals surface area contributed by atoms with Gasteiger partial charge < -0.3 is 9.47 Å². The molecule has 2 aromatic carbocycles. The van der Waals surface area contributed by atoms with E-state index in [-0.39, 0.29) is 5.92 Å². The van der Waals surface area contributed by atoms with Crippen molar-refractivity contribution in [2.24, 2.45) is 0 Å². The first-order chi connectivity index (χ1) is 9.95. The third-order valence-corrected chi connectivity index (χ3v) is 3.88. The lowest BCUT2D eigenvalue weighted by Gasteiger charge is -2.25. The van der Waals surface area contributed by atoms with Gasteiger partial charge in [0.05, 0.1) is 20.1 Å². The maximum Gasteiger partial charge on any atom is 0.201 e. The first-order valence-electron chi connectivity index (χ1n) is 6.30. The van der Waals surface area contributed by atoms with Gasteiger partial charge in [0, 0.05) is 0 Å². The van der Waals surface area contributed by atoms with Crippen LogP contribution in [-0.2, 0) is 0 Å². The summed E-state index contributed by atoms with van der Waals surface area (Å²) >= 11 is 18.6. The Morgan fingerprint density at radius 2 is 1.05 bits per heavy atom. The number of hydrogen-bond acceptors (Lipinski definition) is 2. The number of methoxy groups -OCH3 is 2. The molecule has 21 heavy (non-hydrogen) atoms. The molecule has 0 amide bonds. The molecule has 112 valence electrons. The zero-order chi connectivity index (χ0) is 15.5. The van der Waals surface area contributed by atoms with Gasteiger partial charge in [-0.1, -0.05) is 59.1 Å². The standard InChI is InChI=1S/C16H15Cl3O2/c1-20-13-7-3-11(4-8-13)15(16(17,18)19)12-5-9-14(21-2)10-6-12/h3-10,15H,1-2H3/i3+1,4+1,5+1,6+1,7+1,8+1,9+1,10+1,11+1,12+1,13+1,14+1. The van der Waals surface area contributed by atoms with Crippen LogP contribution in [0.1, 0.15) is 17.0 Å². The van der Waals surface area contributed by atoms with Gasteiger partial charge in [-0.05, 0) is 35.4 Å². The SMILES string of the molecule is CO[13c]1[13cH][13cH][13c](C([13c]2[13cH][13cH][13c](OC)[13cH][13cH]2)C(Cl)(Cl)Cl)[13cH][13cH]1. The van der Waals surface area contributed by atoms with Gasteiger partial charge >= 0.3 is 0 Å². The predicted molar refractivity (Wildman–Crippen MR) is 88.1 cm³/mol. The Bertz CT molecular complexity index is 526. The first-order valence-corrected chi connectivity index (χ1v) is 7.43. The molecule has 0 aliphatic heterocycles. The fourth-order valence-electron chi connectivity index (χ4n) is 2.16. The Labute approximate surface area is 139 Å². The van der Waals surface area contributed by atoms with Crippen LogP contribution in [0.15, 0.2) is 48.5 Å². The molecule has 0 bridgehead atoms. The number of hydrogen-bond donors (Lipinski definition) is 0. The maximum absolute atomic E-state index is 6.18. The van der Waals surface area contributed by atoms with Crippen molar-refractivity contribution in [2.45, 2.75) is 9.71 Å². The van der Waals surface area contributed by atoms with Crippen molar-refractivity contribution in [1.29, 1.82) is 0 Å². The molecule has 5 heteroatoms. The van der Waals surface area contributed by atoms with Crippen molar-refractivity contribution in [2.75, 3.05) is 14.2 Å². The van der Waals surface area contributed by atoms with Crippen LogP contribution in [0, 0.1) is 0 Å². The van der Waals surface area contributed by atoms with Gasteiger partial charge in [0.2, 0.25) is 3.79 Å². The van der Waals surface area contributed by atoms with Crippen molar-refractivity contribution >= 4 is 34.8 Å². The topological polar surface area (TPSA) is 18.5 Å². The van der Waals surface area contributed by atoms with E-state index in [1.807, 2.05) is 48.5 Å². The van der Waals surface area contributed by atoms with Gasteiger partial charge in [0.1, 0.15) is 11.5 Å². The van der Waals surface area contributed by atoms with Crippen LogP contribution in [0.4, 0.5) is 0 Å². The summed E-state index contributed by atoms with van der Waals surface area (Å²) in [6.45, 7) is 0. The molecule has 2 nitrogen and oxygen atoms in total. The second-order valence-electron chi connectivity index (χ2n) is 4.52. The highest BCUT2D eigenvalue weighted by Crippen LogP contribution is 2.46. The molecule has 0 heterocycles. The van der Waals surface area contributed by atoms with Crippen LogP contribution in [0.2, 0.25) is 0 Å². The third kappa shape index (κ3) is 3.97. The zero-order valence-electron chi connectivity index (χ0n) is 11.6. The summed E-state index contributed by atoms with van der Waals surface area (Å²) in [4.78, 5) is 0. The summed E-state index contributed by atoms with van der Waals surface area (Å²) in [5.74, 6) is 1.15. The Morgan fingerprint density at radius 3 is 1.29 bits per heavy atom. The molecule has 0 aromatic heterocycles. The first kappa shape index (κ1) is 16.3. The second kappa shape index (κ2) is 6.78. The van der Waals surface area contributed by atoms with Gasteiger partial charge in [0.25, 0.3) is 0 Å². The lowest BCUT2D eigenvalue weighted by atomic mass is 10.4. The molecule has 0 atom stereocenters. The molecule has 0 saturated carbocycles. The van der Waals surface area contributed by atoms with E-state index in [0.717, 1.165) is 22.6 Å². The molecule has 0 radical (unpaired) electrons. The molecular weight excluding hydrogens is 342 g/mol. The van der Waals surface area contributed by atoms with Gasteiger partial charge in [-0.15, -0.1) is 0 Å². The highest BCUT2D eigenvalue weighted by molar-refractivity contribution is 6.68. The highest BCUT2D eigenvalue weighted by Gasteiger charge is 2.35. The van der Waals surface area contributed by atoms with Gasteiger partial charge in [-0.25, -0.2) is 0 Å². The van der Waals surface area contributed by atoms with Crippen LogP contribution in [0.3, 0.4) is 0 Å². The molecule has 0 aliphatic carbocycles. The van der Waals surface area contributed by atoms with E-state index in [1.54, 1.807) is 14.2 Å². The Balaban J connectivity index is 2.41. The molecule has 0 saturated heterocycles. The summed E-state index contributed by atoms with van der Waals surface area (Å²) in [5, 5.41) is 0. The minimum absolute atomic E-state index is 0.376. The van der Waals surface area contributed by atoms with E-state index >= 15 is 0 Å². The number of benzene rings is 2. The number of halogens is 3. The van der Waals surface area contributed by atoms with Crippen molar-refractivity contribution in [1.82, 2.24) is 0 Å². The fraction of sp³-hybridized carbons (Fsp3) is 0.250. The van der Waals surface area contributed by atoms with Gasteiger partial charge in [0.15, 0.2) is 0 Å². The molecule has 2 aromatic rings. The molecule has 0 unspecified atom stereocenters. The largest absolute Gasteiger partial charge is 0.497 e. The van der Waals surface area contributed by atoms with E-state index < -0.39 is 3.79 Å². The van der Waals surface area contributed by atoms with Crippen LogP contribution >= 0.6 is 34.8 Å². The number of ether oxygens (including phenoxy) is 2. The lowest BCUT2D eigenvalue weighted by molar-refractivity contribution is 0.414. The van der Waals surface area contributed by atoms with Gasteiger partial charge in [-0.2, -0.15) is 0 Å². The molecule has 0 aliphatic rings. The summed E-state index contributed by atoms with van der Waals surface area (Å²) in [6, 6.07) is 15.0. The Hall–Kier alpha value is -1.09. The summed E-state index contributed by atoms with van der Waals surface area (Å²) in [6.07, 6.45) is 0. The molecule has 0 N–H and O–H groups in total. The van der Waals surface area contributed by atoms with Crippen molar-refractivity contribution in [3.63, 3.8) is 0 Å². The van der Waals surface area contributed by atoms with E-state index in [4.69, 9.17) is 44.3 Å². The second-order valence-corrected chi connectivity index (χ2v) is 6.89. The van der Waals surface area contributed by atoms with E-state index in [2.05, 4.69) is 0 Å². The number of rotatable bonds is 4. The average Bonchev–Trinajstić information content (AvgIpc) is 2.47. The molecule has 0 fully saturated rings. The van der Waals surface area contributed by atoms with Crippen molar-refractivity contribution in [3.8, 4) is 11.5 Å². The van der Waals surface area contributed by atoms with Crippen LogP contribution in [-0.4, -0.2) is 18.0 Å². The predicted octanol–water partition coefficient (Wildman–Crippen LogP) is 5.21. The third-order valence-electron chi connectivity index (χ3n) is 3.23. The summed E-state index contributed by atoms with van der Waals surface area (Å²) in [5.41, 5.74) is 1.81. The average molecular weight is 358 g/mol. The van der Waals surface area contributed by atoms with Crippen LogP contribution in [0.5, 0.6) is 11.5 Å². The summed E-state index contributed by atoms with van der Waals surface area (Å²) in [7, 11) is 3.23. The summed E-state index contributed by atoms with van der Waals surface area (Å²) < 4.78 is 8.85.